The lowest BCUT2D eigenvalue weighted by atomic mass is 9.74. The molecule has 3 aromatic rings. The fraction of sp³-hybridized carbons (Fsp3) is 0.357. The second-order valence-electron chi connectivity index (χ2n) is 9.76. The van der Waals surface area contributed by atoms with Gasteiger partial charge < -0.3 is 31.0 Å². The van der Waals surface area contributed by atoms with Crippen LogP contribution in [0.1, 0.15) is 41.7 Å². The molecule has 2 aromatic heterocycles. The highest BCUT2D eigenvalue weighted by Crippen LogP contribution is 2.39. The molecule has 1 saturated carbocycles. The van der Waals surface area contributed by atoms with Gasteiger partial charge in [0.05, 0.1) is 24.1 Å². The van der Waals surface area contributed by atoms with Crippen molar-refractivity contribution >= 4 is 17.7 Å². The molecule has 1 aromatic carbocycles. The molecule has 10 nitrogen and oxygen atoms in total. The Morgan fingerprint density at radius 3 is 2.46 bits per heavy atom. The molecule has 4 atom stereocenters. The number of pyridine rings is 2. The van der Waals surface area contributed by atoms with Crippen LogP contribution >= 0.6 is 0 Å². The first kappa shape index (κ1) is 29.7. The Bertz CT molecular complexity index is 1390. The van der Waals surface area contributed by atoms with Gasteiger partial charge in [-0.25, -0.2) is 22.9 Å². The van der Waals surface area contributed by atoms with Crippen molar-refractivity contribution in [3.8, 4) is 17.0 Å². The van der Waals surface area contributed by atoms with Gasteiger partial charge in [-0.3, -0.25) is 9.78 Å². The van der Waals surface area contributed by atoms with Gasteiger partial charge in [0.15, 0.2) is 0 Å². The van der Waals surface area contributed by atoms with Crippen LogP contribution in [0.4, 0.5) is 23.7 Å². The number of nitrogens with one attached hydrogen (secondary N) is 1. The van der Waals surface area contributed by atoms with Gasteiger partial charge >= 0.3 is 6.09 Å². The zero-order valence-corrected chi connectivity index (χ0v) is 22.4. The average Bonchev–Trinajstić information content (AvgIpc) is 2.91. The molecule has 2 amide bonds. The maximum atomic E-state index is 14.9. The van der Waals surface area contributed by atoms with Crippen LogP contribution < -0.4 is 21.5 Å². The summed E-state index contributed by atoms with van der Waals surface area (Å²) >= 11 is 0. The lowest BCUT2D eigenvalue weighted by Crippen LogP contribution is -2.48. The van der Waals surface area contributed by atoms with E-state index >= 15 is 0 Å². The number of ether oxygens (including phenoxy) is 3. The number of hydrogen-bond donors (Lipinski definition) is 3. The van der Waals surface area contributed by atoms with Crippen LogP contribution in [-0.4, -0.2) is 54.4 Å². The number of nitrogens with zero attached hydrogens (tertiary/aromatic N) is 2. The van der Waals surface area contributed by atoms with Crippen molar-refractivity contribution < 1.29 is 37.0 Å². The van der Waals surface area contributed by atoms with Gasteiger partial charge in [0.25, 0.3) is 5.91 Å². The number of aromatic nitrogens is 2. The third-order valence-electron chi connectivity index (χ3n) is 6.88. The lowest BCUT2D eigenvalue weighted by Gasteiger charge is -2.38. The molecule has 0 bridgehead atoms. The summed E-state index contributed by atoms with van der Waals surface area (Å²) < 4.78 is 59.7. The topological polar surface area (TPSA) is 152 Å². The van der Waals surface area contributed by atoms with Crippen LogP contribution in [0.2, 0.25) is 0 Å². The summed E-state index contributed by atoms with van der Waals surface area (Å²) in [6, 6.07) is 5.06. The minimum atomic E-state index is -1.11. The van der Waals surface area contributed by atoms with Crippen molar-refractivity contribution in [2.24, 2.45) is 17.4 Å². The minimum absolute atomic E-state index is 0.0563. The molecule has 4 rings (SSSR count). The SMILES string of the molecule is COCCOc1cc(F)c(-c2nc(C(=O)Nc3cnccc3[C@H]3C[C@@H](N)[C@@H](OC(N)=O)[C@@H](C)C3)ccc2F)c(F)c1. The smallest absolute Gasteiger partial charge is 0.404 e. The predicted octanol–water partition coefficient (Wildman–Crippen LogP) is 4.14. The summed E-state index contributed by atoms with van der Waals surface area (Å²) in [7, 11) is 1.45. The number of carbonyl (C=O) groups is 2. The van der Waals surface area contributed by atoms with Crippen molar-refractivity contribution in [2.75, 3.05) is 25.6 Å². The number of nitrogens with two attached hydrogens (primary N) is 2. The Hall–Kier alpha value is -4.23. The van der Waals surface area contributed by atoms with Crippen LogP contribution in [-0.2, 0) is 9.47 Å². The van der Waals surface area contributed by atoms with Crippen LogP contribution in [0, 0.1) is 23.4 Å². The van der Waals surface area contributed by atoms with Crippen LogP contribution in [0.5, 0.6) is 5.75 Å². The van der Waals surface area contributed by atoms with E-state index in [4.69, 9.17) is 25.7 Å². The average molecular weight is 574 g/mol. The summed E-state index contributed by atoms with van der Waals surface area (Å²) in [5, 5.41) is 2.71. The van der Waals surface area contributed by atoms with E-state index in [0.717, 1.165) is 29.8 Å². The normalized spacial score (nSPS) is 20.3. The number of hydrogen-bond acceptors (Lipinski definition) is 8. The number of halogens is 3. The molecule has 5 N–H and O–H groups in total. The summed E-state index contributed by atoms with van der Waals surface area (Å²) in [6.07, 6.45) is 2.60. The highest BCUT2D eigenvalue weighted by Gasteiger charge is 2.37. The number of anilines is 1. The van der Waals surface area contributed by atoms with Gasteiger partial charge in [-0.1, -0.05) is 6.92 Å². The Kier molecular flexibility index (Phi) is 9.40. The molecule has 0 aliphatic heterocycles. The van der Waals surface area contributed by atoms with Crippen LogP contribution in [0.25, 0.3) is 11.3 Å². The molecule has 1 aliphatic rings. The molecular weight excluding hydrogens is 543 g/mol. The number of amides is 2. The summed E-state index contributed by atoms with van der Waals surface area (Å²) in [5.41, 5.74) is 10.9. The Labute approximate surface area is 234 Å². The number of benzene rings is 1. The van der Waals surface area contributed by atoms with E-state index in [1.807, 2.05) is 6.92 Å². The molecule has 13 heteroatoms. The molecule has 1 fully saturated rings. The second-order valence-corrected chi connectivity index (χ2v) is 9.76. The van der Waals surface area contributed by atoms with Gasteiger partial charge in [0.2, 0.25) is 0 Å². The van der Waals surface area contributed by atoms with Crippen molar-refractivity contribution in [1.82, 2.24) is 9.97 Å². The third-order valence-corrected chi connectivity index (χ3v) is 6.88. The quantitative estimate of drug-likeness (QED) is 0.323. The third kappa shape index (κ3) is 6.92. The summed E-state index contributed by atoms with van der Waals surface area (Å²) in [4.78, 5) is 32.5. The first-order valence-corrected chi connectivity index (χ1v) is 12.8. The number of methoxy groups -OCH3 is 1. The minimum Gasteiger partial charge on any atom is -0.491 e. The maximum Gasteiger partial charge on any atom is 0.404 e. The van der Waals surface area contributed by atoms with Crippen LogP contribution in [0.3, 0.4) is 0 Å². The predicted molar refractivity (Wildman–Crippen MR) is 143 cm³/mol. The number of rotatable bonds is 9. The van der Waals surface area contributed by atoms with E-state index in [1.54, 1.807) is 12.3 Å². The first-order chi connectivity index (χ1) is 19.6. The molecule has 2 heterocycles. The molecule has 0 saturated heterocycles. The van der Waals surface area contributed by atoms with Crippen LogP contribution in [0.15, 0.2) is 42.7 Å². The Morgan fingerprint density at radius 1 is 1.07 bits per heavy atom. The van der Waals surface area contributed by atoms with E-state index in [0.29, 0.717) is 18.5 Å². The highest BCUT2D eigenvalue weighted by molar-refractivity contribution is 6.03. The molecule has 0 unspecified atom stereocenters. The zero-order valence-electron chi connectivity index (χ0n) is 22.4. The van der Waals surface area contributed by atoms with Gasteiger partial charge in [0.1, 0.15) is 47.3 Å². The maximum absolute atomic E-state index is 14.9. The number of carbonyl (C=O) groups excluding carboxylic acids is 2. The van der Waals surface area contributed by atoms with Gasteiger partial charge in [-0.2, -0.15) is 0 Å². The molecule has 0 spiro atoms. The lowest BCUT2D eigenvalue weighted by molar-refractivity contribution is 0.0297. The second kappa shape index (κ2) is 13.0. The van der Waals surface area contributed by atoms with E-state index in [2.05, 4.69) is 15.3 Å². The van der Waals surface area contributed by atoms with Crippen molar-refractivity contribution in [1.29, 1.82) is 0 Å². The van der Waals surface area contributed by atoms with Gasteiger partial charge in [-0.15, -0.1) is 0 Å². The highest BCUT2D eigenvalue weighted by atomic mass is 19.1. The van der Waals surface area contributed by atoms with E-state index in [1.165, 1.54) is 13.3 Å². The summed E-state index contributed by atoms with van der Waals surface area (Å²) in [6.45, 7) is 2.15. The monoisotopic (exact) mass is 573 g/mol. The van der Waals surface area contributed by atoms with Gasteiger partial charge in [-0.05, 0) is 48.4 Å². The van der Waals surface area contributed by atoms with Crippen molar-refractivity contribution in [3.05, 3.63) is 71.4 Å². The van der Waals surface area contributed by atoms with Crippen molar-refractivity contribution in [3.63, 3.8) is 0 Å². The summed E-state index contributed by atoms with van der Waals surface area (Å²) in [5.74, 6) is -4.33. The molecular formula is C28H30F3N5O5. The fourth-order valence-electron chi connectivity index (χ4n) is 5.05. The molecule has 0 radical (unpaired) electrons. The first-order valence-electron chi connectivity index (χ1n) is 12.8. The number of primary amides is 1. The molecule has 218 valence electrons. The molecule has 1 aliphatic carbocycles. The Balaban J connectivity index is 1.56. The Morgan fingerprint density at radius 2 is 1.80 bits per heavy atom. The zero-order chi connectivity index (χ0) is 29.7. The van der Waals surface area contributed by atoms with E-state index < -0.39 is 52.9 Å². The van der Waals surface area contributed by atoms with Crippen molar-refractivity contribution in [2.45, 2.75) is 37.8 Å². The largest absolute Gasteiger partial charge is 0.491 e. The van der Waals surface area contributed by atoms with Gasteiger partial charge in [0, 0.05) is 31.5 Å². The molecule has 41 heavy (non-hydrogen) atoms. The van der Waals surface area contributed by atoms with E-state index in [9.17, 15) is 22.8 Å². The fourth-order valence-corrected chi connectivity index (χ4v) is 5.05. The standard InChI is InChI=1S/C28H30F3N5O5/c1-14-9-15(10-21(32)26(14)41-28(33)38)17-5-6-34-13-23(17)36-27(37)22-4-3-18(29)25(35-22)24-19(30)11-16(12-20(24)31)40-8-7-39-2/h3-6,11-15,21,26H,7-10,32H2,1-2H3,(H2,33,38)(H,36,37)/t14-,15+,21+,26-/m0/s1. The van der Waals surface area contributed by atoms with E-state index in [-0.39, 0.29) is 36.5 Å².